The molecular formula is C18H25N3O4. The van der Waals surface area contributed by atoms with E-state index >= 15 is 0 Å². The number of ether oxygens (including phenoxy) is 2. The van der Waals surface area contributed by atoms with E-state index in [9.17, 15) is 9.59 Å². The van der Waals surface area contributed by atoms with Gasteiger partial charge in [-0.1, -0.05) is 18.2 Å². The van der Waals surface area contributed by atoms with Crippen LogP contribution in [0, 0.1) is 6.92 Å². The lowest BCUT2D eigenvalue weighted by Crippen LogP contribution is -2.73. The fraction of sp³-hybridized carbons (Fsp3) is 0.556. The Hall–Kier alpha value is -2.12. The fourth-order valence-electron chi connectivity index (χ4n) is 3.40. The highest BCUT2D eigenvalue weighted by Gasteiger charge is 2.51. The summed E-state index contributed by atoms with van der Waals surface area (Å²) in [5.74, 6) is 0.637. The number of likely N-dealkylation sites (N-methyl/N-ethyl adjacent to an activating group) is 2. The van der Waals surface area contributed by atoms with Crippen LogP contribution in [0.1, 0.15) is 5.56 Å². The quantitative estimate of drug-likeness (QED) is 0.832. The zero-order valence-electron chi connectivity index (χ0n) is 14.9. The minimum absolute atomic E-state index is 0.0254. The van der Waals surface area contributed by atoms with E-state index in [0.29, 0.717) is 26.2 Å². The molecule has 1 aromatic carbocycles. The average molecular weight is 347 g/mol. The normalized spacial score (nSPS) is 22.4. The first kappa shape index (κ1) is 17.7. The van der Waals surface area contributed by atoms with Crippen LogP contribution in [0.4, 0.5) is 0 Å². The molecule has 0 aliphatic carbocycles. The average Bonchev–Trinajstić information content (AvgIpc) is 2.58. The third kappa shape index (κ3) is 3.62. The van der Waals surface area contributed by atoms with Gasteiger partial charge in [0.2, 0.25) is 5.91 Å². The summed E-state index contributed by atoms with van der Waals surface area (Å²) in [5.41, 5.74) is 0.644. The molecule has 0 aromatic heterocycles. The van der Waals surface area contributed by atoms with Crippen LogP contribution in [-0.2, 0) is 14.3 Å². The Balaban J connectivity index is 1.48. The fourth-order valence-corrected chi connectivity index (χ4v) is 3.40. The lowest BCUT2D eigenvalue weighted by atomic mass is 9.90. The summed E-state index contributed by atoms with van der Waals surface area (Å²) in [5, 5.41) is 2.65. The number of morpholine rings is 1. The van der Waals surface area contributed by atoms with E-state index < -0.39 is 0 Å². The number of benzene rings is 1. The number of aryl methyl sites for hydroxylation is 1. The van der Waals surface area contributed by atoms with Crippen LogP contribution in [0.25, 0.3) is 0 Å². The molecule has 1 N–H and O–H groups in total. The molecule has 2 aliphatic heterocycles. The number of nitrogens with zero attached hydrogens (tertiary/aromatic N) is 2. The predicted molar refractivity (Wildman–Crippen MR) is 92.4 cm³/mol. The zero-order chi connectivity index (χ0) is 18.0. The van der Waals surface area contributed by atoms with Crippen LogP contribution in [0.5, 0.6) is 5.75 Å². The van der Waals surface area contributed by atoms with E-state index in [1.807, 2.05) is 43.1 Å². The second-order valence-corrected chi connectivity index (χ2v) is 6.84. The van der Waals surface area contributed by atoms with Crippen molar-refractivity contribution in [2.24, 2.45) is 0 Å². The van der Waals surface area contributed by atoms with Gasteiger partial charge in [-0.05, 0) is 25.6 Å². The van der Waals surface area contributed by atoms with Gasteiger partial charge in [0.15, 0.2) is 6.61 Å². The van der Waals surface area contributed by atoms with Crippen LogP contribution in [0.3, 0.4) is 0 Å². The lowest BCUT2D eigenvalue weighted by Gasteiger charge is -2.54. The van der Waals surface area contributed by atoms with Gasteiger partial charge in [0.1, 0.15) is 17.4 Å². The Morgan fingerprint density at radius 3 is 2.68 bits per heavy atom. The molecule has 1 atom stereocenters. The van der Waals surface area contributed by atoms with E-state index in [0.717, 1.165) is 11.3 Å². The maximum atomic E-state index is 12.3. The first-order chi connectivity index (χ1) is 11.9. The summed E-state index contributed by atoms with van der Waals surface area (Å²) < 4.78 is 11.6. The lowest BCUT2D eigenvalue weighted by molar-refractivity contribution is -0.201. The van der Waals surface area contributed by atoms with Gasteiger partial charge in [-0.15, -0.1) is 0 Å². The minimum atomic E-state index is -0.363. The monoisotopic (exact) mass is 347 g/mol. The van der Waals surface area contributed by atoms with Gasteiger partial charge in [0.05, 0.1) is 19.7 Å². The molecular weight excluding hydrogens is 322 g/mol. The smallest absolute Gasteiger partial charge is 0.260 e. The van der Waals surface area contributed by atoms with Crippen LogP contribution in [0.2, 0.25) is 0 Å². The molecule has 0 saturated carbocycles. The van der Waals surface area contributed by atoms with Gasteiger partial charge < -0.3 is 19.7 Å². The zero-order valence-corrected chi connectivity index (χ0v) is 14.9. The predicted octanol–water partition coefficient (Wildman–Crippen LogP) is 0.0314. The van der Waals surface area contributed by atoms with Crippen LogP contribution >= 0.6 is 0 Å². The molecule has 2 fully saturated rings. The third-order valence-corrected chi connectivity index (χ3v) is 4.92. The summed E-state index contributed by atoms with van der Waals surface area (Å²) in [6.07, 6.45) is 0. The van der Waals surface area contributed by atoms with E-state index in [-0.39, 0.29) is 30.1 Å². The number of nitrogens with one attached hydrogen (secondary N) is 1. The highest BCUT2D eigenvalue weighted by atomic mass is 16.5. The number of likely N-dealkylation sites (tertiary alicyclic amines) is 1. The first-order valence-electron chi connectivity index (χ1n) is 8.46. The van der Waals surface area contributed by atoms with Crippen molar-refractivity contribution < 1.29 is 19.1 Å². The highest BCUT2D eigenvalue weighted by molar-refractivity contribution is 5.82. The first-order valence-corrected chi connectivity index (χ1v) is 8.46. The molecule has 1 aromatic rings. The Kier molecular flexibility index (Phi) is 4.96. The van der Waals surface area contributed by atoms with Gasteiger partial charge in [0.25, 0.3) is 5.91 Å². The topological polar surface area (TPSA) is 71.1 Å². The third-order valence-electron chi connectivity index (χ3n) is 4.92. The van der Waals surface area contributed by atoms with Crippen molar-refractivity contribution in [2.45, 2.75) is 18.6 Å². The van der Waals surface area contributed by atoms with Crippen LogP contribution in [-0.4, -0.2) is 80.2 Å². The van der Waals surface area contributed by atoms with Crippen molar-refractivity contribution in [1.82, 2.24) is 15.1 Å². The van der Waals surface area contributed by atoms with Crippen molar-refractivity contribution in [3.8, 4) is 5.75 Å². The largest absolute Gasteiger partial charge is 0.484 e. The number of hydrogen-bond acceptors (Lipinski definition) is 5. The molecule has 7 nitrogen and oxygen atoms in total. The standard InChI is InChI=1S/C18H25N3O4/c1-13-6-4-5-7-15(13)24-9-16(22)21-11-18(12-21)10-20(3)14(8-25-18)17(23)19-2/h4-7,14H,8-12H2,1-3H3,(H,19,23)/t14-/m1/s1. The van der Waals surface area contributed by atoms with Crippen molar-refractivity contribution in [3.05, 3.63) is 29.8 Å². The number of carbonyl (C=O) groups is 2. The van der Waals surface area contributed by atoms with Gasteiger partial charge in [-0.2, -0.15) is 0 Å². The minimum Gasteiger partial charge on any atom is -0.484 e. The summed E-state index contributed by atoms with van der Waals surface area (Å²) in [4.78, 5) is 27.8. The Morgan fingerprint density at radius 2 is 2.04 bits per heavy atom. The molecule has 2 amide bonds. The van der Waals surface area contributed by atoms with Crippen molar-refractivity contribution >= 4 is 11.8 Å². The molecule has 0 unspecified atom stereocenters. The molecule has 0 radical (unpaired) electrons. The molecule has 1 spiro atoms. The molecule has 2 heterocycles. The van der Waals surface area contributed by atoms with Crippen molar-refractivity contribution in [1.29, 1.82) is 0 Å². The molecule has 3 rings (SSSR count). The second kappa shape index (κ2) is 7.01. The number of carbonyl (C=O) groups excluding carboxylic acids is 2. The van der Waals surface area contributed by atoms with Gasteiger partial charge in [0, 0.05) is 13.6 Å². The molecule has 2 saturated heterocycles. The van der Waals surface area contributed by atoms with E-state index in [4.69, 9.17) is 9.47 Å². The van der Waals surface area contributed by atoms with Gasteiger partial charge in [-0.3, -0.25) is 14.5 Å². The molecule has 25 heavy (non-hydrogen) atoms. The van der Waals surface area contributed by atoms with Crippen LogP contribution in [0.15, 0.2) is 24.3 Å². The maximum absolute atomic E-state index is 12.3. The summed E-state index contributed by atoms with van der Waals surface area (Å²) >= 11 is 0. The summed E-state index contributed by atoms with van der Waals surface area (Å²) in [7, 11) is 3.54. The summed E-state index contributed by atoms with van der Waals surface area (Å²) in [6.45, 7) is 4.03. The molecule has 2 aliphatic rings. The number of hydrogen-bond donors (Lipinski definition) is 1. The van der Waals surface area contributed by atoms with E-state index in [2.05, 4.69) is 5.32 Å². The number of rotatable bonds is 4. The molecule has 0 bridgehead atoms. The maximum Gasteiger partial charge on any atom is 0.260 e. The molecule has 7 heteroatoms. The van der Waals surface area contributed by atoms with E-state index in [1.165, 1.54) is 0 Å². The molecule has 136 valence electrons. The Morgan fingerprint density at radius 1 is 1.32 bits per heavy atom. The van der Waals surface area contributed by atoms with Gasteiger partial charge in [-0.25, -0.2) is 0 Å². The number of para-hydroxylation sites is 1. The van der Waals surface area contributed by atoms with Crippen molar-refractivity contribution in [3.63, 3.8) is 0 Å². The van der Waals surface area contributed by atoms with Crippen molar-refractivity contribution in [2.75, 3.05) is 46.9 Å². The Bertz CT molecular complexity index is 657. The van der Waals surface area contributed by atoms with Crippen LogP contribution < -0.4 is 10.1 Å². The Labute approximate surface area is 147 Å². The summed E-state index contributed by atoms with van der Waals surface area (Å²) in [6, 6.07) is 7.36. The highest BCUT2D eigenvalue weighted by Crippen LogP contribution is 2.30. The SMILES string of the molecule is CNC(=O)[C@H]1COC2(CN(C(=O)COc3ccccc3C)C2)CN1C. The number of amides is 2. The van der Waals surface area contributed by atoms with E-state index in [1.54, 1.807) is 11.9 Å². The van der Waals surface area contributed by atoms with Gasteiger partial charge >= 0.3 is 0 Å². The second-order valence-electron chi connectivity index (χ2n) is 6.84.